The van der Waals surface area contributed by atoms with Gasteiger partial charge in [0.25, 0.3) is 5.91 Å². The molecule has 2 fully saturated rings. The Balaban J connectivity index is 1.37. The second-order valence-electron chi connectivity index (χ2n) is 7.17. The highest BCUT2D eigenvalue weighted by Crippen LogP contribution is 2.30. The van der Waals surface area contributed by atoms with E-state index in [1.165, 1.54) is 0 Å². The van der Waals surface area contributed by atoms with Gasteiger partial charge >= 0.3 is 0 Å². The molecule has 6 nitrogen and oxygen atoms in total. The van der Waals surface area contributed by atoms with Gasteiger partial charge in [0.1, 0.15) is 17.7 Å². The van der Waals surface area contributed by atoms with Crippen molar-refractivity contribution >= 4 is 34.9 Å². The SMILES string of the molecule is O=C(c1cnc(N2CCC(Oc3ccccc3Cl)CC2)c(Cl)c1)N1CCOCC1. The van der Waals surface area contributed by atoms with Gasteiger partial charge in [-0.2, -0.15) is 0 Å². The van der Waals surface area contributed by atoms with Gasteiger partial charge in [0.05, 0.1) is 28.8 Å². The molecule has 0 aliphatic carbocycles. The summed E-state index contributed by atoms with van der Waals surface area (Å²) >= 11 is 12.7. The first kappa shape index (κ1) is 20.3. The van der Waals surface area contributed by atoms with Gasteiger partial charge in [0.2, 0.25) is 0 Å². The van der Waals surface area contributed by atoms with Crippen molar-refractivity contribution in [3.05, 3.63) is 52.1 Å². The van der Waals surface area contributed by atoms with Crippen molar-refractivity contribution in [2.24, 2.45) is 0 Å². The number of para-hydroxylation sites is 1. The molecule has 0 saturated carbocycles. The summed E-state index contributed by atoms with van der Waals surface area (Å²) in [6.45, 7) is 3.87. The molecule has 2 aromatic rings. The number of benzene rings is 1. The smallest absolute Gasteiger partial charge is 0.255 e. The first-order valence-corrected chi connectivity index (χ1v) is 10.6. The average Bonchev–Trinajstić information content (AvgIpc) is 2.76. The molecule has 3 heterocycles. The highest BCUT2D eigenvalue weighted by molar-refractivity contribution is 6.33. The van der Waals surface area contributed by atoms with Crippen LogP contribution in [0.15, 0.2) is 36.5 Å². The number of hydrogen-bond acceptors (Lipinski definition) is 5. The van der Waals surface area contributed by atoms with Crippen LogP contribution in [-0.4, -0.2) is 61.3 Å². The van der Waals surface area contributed by atoms with E-state index in [-0.39, 0.29) is 12.0 Å². The molecule has 0 bridgehead atoms. The Morgan fingerprint density at radius 3 is 2.48 bits per heavy atom. The first-order chi connectivity index (χ1) is 14.1. The molecule has 0 unspecified atom stereocenters. The number of ether oxygens (including phenoxy) is 2. The minimum atomic E-state index is -0.0545. The molecule has 1 aromatic carbocycles. The number of nitrogens with zero attached hydrogens (tertiary/aromatic N) is 3. The van der Waals surface area contributed by atoms with Crippen molar-refractivity contribution in [2.75, 3.05) is 44.3 Å². The molecule has 2 aliphatic rings. The van der Waals surface area contributed by atoms with E-state index in [4.69, 9.17) is 32.7 Å². The maximum atomic E-state index is 12.6. The number of anilines is 1. The monoisotopic (exact) mass is 435 g/mol. The van der Waals surface area contributed by atoms with Crippen LogP contribution >= 0.6 is 23.2 Å². The molecule has 1 amide bonds. The minimum absolute atomic E-state index is 0.0545. The van der Waals surface area contributed by atoms with Gasteiger partial charge in [-0.3, -0.25) is 4.79 Å². The fourth-order valence-corrected chi connectivity index (χ4v) is 4.10. The quantitative estimate of drug-likeness (QED) is 0.728. The van der Waals surface area contributed by atoms with Gasteiger partial charge in [-0.05, 0) is 18.2 Å². The van der Waals surface area contributed by atoms with E-state index in [0.717, 1.165) is 31.7 Å². The van der Waals surface area contributed by atoms with Gasteiger partial charge in [0, 0.05) is 45.2 Å². The van der Waals surface area contributed by atoms with Crippen LogP contribution in [0.2, 0.25) is 10.0 Å². The average molecular weight is 436 g/mol. The lowest BCUT2D eigenvalue weighted by Gasteiger charge is -2.33. The molecular formula is C21H23Cl2N3O3. The van der Waals surface area contributed by atoms with E-state index in [2.05, 4.69) is 9.88 Å². The predicted octanol–water partition coefficient (Wildman–Crippen LogP) is 3.91. The zero-order valence-electron chi connectivity index (χ0n) is 16.0. The van der Waals surface area contributed by atoms with Crippen LogP contribution in [0.25, 0.3) is 0 Å². The first-order valence-electron chi connectivity index (χ1n) is 9.80. The number of amides is 1. The fraction of sp³-hybridized carbons (Fsp3) is 0.429. The molecule has 0 atom stereocenters. The van der Waals surface area contributed by atoms with Gasteiger partial charge in [-0.1, -0.05) is 35.3 Å². The highest BCUT2D eigenvalue weighted by atomic mass is 35.5. The lowest BCUT2D eigenvalue weighted by atomic mass is 10.1. The van der Waals surface area contributed by atoms with Crippen LogP contribution < -0.4 is 9.64 Å². The van der Waals surface area contributed by atoms with Crippen molar-refractivity contribution in [3.8, 4) is 5.75 Å². The Kier molecular flexibility index (Phi) is 6.43. The summed E-state index contributed by atoms with van der Waals surface area (Å²) in [4.78, 5) is 21.0. The normalized spacial score (nSPS) is 18.0. The summed E-state index contributed by atoms with van der Waals surface area (Å²) in [5.41, 5.74) is 0.512. The largest absolute Gasteiger partial charge is 0.489 e. The fourth-order valence-electron chi connectivity index (χ4n) is 3.63. The number of pyridine rings is 1. The number of aromatic nitrogens is 1. The van der Waals surface area contributed by atoms with Gasteiger partial charge in [-0.15, -0.1) is 0 Å². The molecular weight excluding hydrogens is 413 g/mol. The van der Waals surface area contributed by atoms with E-state index in [1.54, 1.807) is 17.2 Å². The molecule has 4 rings (SSSR count). The Labute approximate surface area is 180 Å². The lowest BCUT2D eigenvalue weighted by Crippen LogP contribution is -2.41. The Morgan fingerprint density at radius 1 is 1.07 bits per heavy atom. The van der Waals surface area contributed by atoms with Gasteiger partial charge in [-0.25, -0.2) is 4.98 Å². The second kappa shape index (κ2) is 9.20. The van der Waals surface area contributed by atoms with Crippen molar-refractivity contribution in [3.63, 3.8) is 0 Å². The summed E-state index contributed by atoms with van der Waals surface area (Å²) < 4.78 is 11.3. The van der Waals surface area contributed by atoms with Gasteiger partial charge < -0.3 is 19.3 Å². The van der Waals surface area contributed by atoms with Crippen molar-refractivity contribution in [2.45, 2.75) is 18.9 Å². The third-order valence-corrected chi connectivity index (χ3v) is 5.83. The highest BCUT2D eigenvalue weighted by Gasteiger charge is 2.25. The molecule has 29 heavy (non-hydrogen) atoms. The van der Waals surface area contributed by atoms with E-state index in [0.29, 0.717) is 47.7 Å². The standard InChI is InChI=1S/C21H23Cl2N3O3/c22-17-3-1-2-4-19(17)29-16-5-7-25(8-6-16)20-18(23)13-15(14-24-20)21(27)26-9-11-28-12-10-26/h1-4,13-14,16H,5-12H2. The molecule has 2 saturated heterocycles. The summed E-state index contributed by atoms with van der Waals surface area (Å²) in [5, 5.41) is 1.12. The van der Waals surface area contributed by atoms with Crippen molar-refractivity contribution in [1.29, 1.82) is 0 Å². The van der Waals surface area contributed by atoms with E-state index in [1.807, 2.05) is 24.3 Å². The number of morpholine rings is 1. The number of rotatable bonds is 4. The van der Waals surface area contributed by atoms with E-state index < -0.39 is 0 Å². The minimum Gasteiger partial charge on any atom is -0.489 e. The molecule has 8 heteroatoms. The summed E-state index contributed by atoms with van der Waals surface area (Å²) in [6, 6.07) is 9.24. The van der Waals surface area contributed by atoms with Crippen LogP contribution in [0.3, 0.4) is 0 Å². The van der Waals surface area contributed by atoms with Crippen LogP contribution in [0.5, 0.6) is 5.75 Å². The molecule has 0 spiro atoms. The third kappa shape index (κ3) is 4.77. The van der Waals surface area contributed by atoms with E-state index in [9.17, 15) is 4.79 Å². The number of piperidine rings is 1. The molecule has 0 N–H and O–H groups in total. The van der Waals surface area contributed by atoms with Crippen molar-refractivity contribution in [1.82, 2.24) is 9.88 Å². The zero-order chi connectivity index (χ0) is 20.2. The Morgan fingerprint density at radius 2 is 1.79 bits per heavy atom. The van der Waals surface area contributed by atoms with Crippen molar-refractivity contribution < 1.29 is 14.3 Å². The number of carbonyl (C=O) groups excluding carboxylic acids is 1. The molecule has 2 aliphatic heterocycles. The number of halogens is 2. The summed E-state index contributed by atoms with van der Waals surface area (Å²) in [7, 11) is 0. The summed E-state index contributed by atoms with van der Waals surface area (Å²) in [5.74, 6) is 1.37. The van der Waals surface area contributed by atoms with Gasteiger partial charge in [0.15, 0.2) is 0 Å². The predicted molar refractivity (Wildman–Crippen MR) is 113 cm³/mol. The van der Waals surface area contributed by atoms with E-state index >= 15 is 0 Å². The second-order valence-corrected chi connectivity index (χ2v) is 7.98. The number of carbonyl (C=O) groups is 1. The topological polar surface area (TPSA) is 54.9 Å². The molecule has 1 aromatic heterocycles. The lowest BCUT2D eigenvalue weighted by molar-refractivity contribution is 0.0302. The maximum absolute atomic E-state index is 12.6. The maximum Gasteiger partial charge on any atom is 0.255 e. The number of hydrogen-bond donors (Lipinski definition) is 0. The summed E-state index contributed by atoms with van der Waals surface area (Å²) in [6.07, 6.45) is 3.41. The molecule has 0 radical (unpaired) electrons. The third-order valence-electron chi connectivity index (χ3n) is 5.24. The van der Waals surface area contributed by atoms with Crippen LogP contribution in [0.4, 0.5) is 5.82 Å². The zero-order valence-corrected chi connectivity index (χ0v) is 17.5. The Hall–Kier alpha value is -2.02. The molecule has 154 valence electrons. The Bertz CT molecular complexity index is 866. The van der Waals surface area contributed by atoms with Crippen LogP contribution in [0, 0.1) is 0 Å². The van der Waals surface area contributed by atoms with Crippen LogP contribution in [-0.2, 0) is 4.74 Å². The van der Waals surface area contributed by atoms with Crippen LogP contribution in [0.1, 0.15) is 23.2 Å².